The van der Waals surface area contributed by atoms with Crippen molar-refractivity contribution in [2.75, 3.05) is 11.1 Å². The van der Waals surface area contributed by atoms with E-state index in [1.54, 1.807) is 0 Å². The van der Waals surface area contributed by atoms with Crippen molar-refractivity contribution < 1.29 is 4.79 Å². The van der Waals surface area contributed by atoms with Crippen LogP contribution in [0.5, 0.6) is 0 Å². The number of benzene rings is 1. The van der Waals surface area contributed by atoms with Crippen molar-refractivity contribution in [1.29, 1.82) is 5.26 Å². The van der Waals surface area contributed by atoms with E-state index in [0.29, 0.717) is 12.2 Å². The van der Waals surface area contributed by atoms with Gasteiger partial charge in [0.1, 0.15) is 0 Å². The largest absolute Gasteiger partial charge is 0.326 e. The summed E-state index contributed by atoms with van der Waals surface area (Å²) in [6.07, 6.45) is 1.38. The molecule has 0 fully saturated rings. The molecule has 0 aromatic heterocycles. The minimum atomic E-state index is 0.0323. The number of nitriles is 1. The SMILES string of the molecule is CCCC(=O)Nc1cccc(SCC#N)c1. The highest BCUT2D eigenvalue weighted by molar-refractivity contribution is 7.99. The van der Waals surface area contributed by atoms with Crippen molar-refractivity contribution in [2.24, 2.45) is 0 Å². The molecule has 4 heteroatoms. The molecule has 1 rings (SSSR count). The summed E-state index contributed by atoms with van der Waals surface area (Å²) in [6.45, 7) is 1.97. The number of carbonyl (C=O) groups is 1. The summed E-state index contributed by atoms with van der Waals surface area (Å²) in [5.41, 5.74) is 0.793. The zero-order valence-corrected chi connectivity index (χ0v) is 10.0. The number of anilines is 1. The predicted molar refractivity (Wildman–Crippen MR) is 66.3 cm³/mol. The number of nitrogens with one attached hydrogen (secondary N) is 1. The topological polar surface area (TPSA) is 52.9 Å². The Kier molecular flexibility index (Phi) is 5.44. The smallest absolute Gasteiger partial charge is 0.224 e. The van der Waals surface area contributed by atoms with Crippen molar-refractivity contribution in [3.63, 3.8) is 0 Å². The lowest BCUT2D eigenvalue weighted by Crippen LogP contribution is -2.10. The van der Waals surface area contributed by atoms with E-state index < -0.39 is 0 Å². The van der Waals surface area contributed by atoms with Gasteiger partial charge in [-0.25, -0.2) is 0 Å². The summed E-state index contributed by atoms with van der Waals surface area (Å²) in [5.74, 6) is 0.455. The lowest BCUT2D eigenvalue weighted by molar-refractivity contribution is -0.116. The first kappa shape index (κ1) is 12.6. The summed E-state index contributed by atoms with van der Waals surface area (Å²) >= 11 is 1.46. The van der Waals surface area contributed by atoms with E-state index in [2.05, 4.69) is 11.4 Å². The van der Waals surface area contributed by atoms with Crippen LogP contribution in [0.4, 0.5) is 5.69 Å². The van der Waals surface area contributed by atoms with Crippen molar-refractivity contribution >= 4 is 23.4 Å². The molecule has 3 nitrogen and oxygen atoms in total. The van der Waals surface area contributed by atoms with Crippen LogP contribution in [0.25, 0.3) is 0 Å². The molecule has 0 aliphatic heterocycles. The number of hydrogen-bond donors (Lipinski definition) is 1. The molecular weight excluding hydrogens is 220 g/mol. The zero-order chi connectivity index (χ0) is 11.8. The average Bonchev–Trinajstić information content (AvgIpc) is 2.27. The molecule has 0 bridgehead atoms. The van der Waals surface area contributed by atoms with E-state index >= 15 is 0 Å². The highest BCUT2D eigenvalue weighted by Gasteiger charge is 2.01. The molecule has 84 valence electrons. The number of carbonyl (C=O) groups excluding carboxylic acids is 1. The number of hydrogen-bond acceptors (Lipinski definition) is 3. The molecule has 1 amide bonds. The second kappa shape index (κ2) is 6.91. The van der Waals surface area contributed by atoms with E-state index in [4.69, 9.17) is 5.26 Å². The zero-order valence-electron chi connectivity index (χ0n) is 9.19. The van der Waals surface area contributed by atoms with Crippen molar-refractivity contribution in [2.45, 2.75) is 24.7 Å². The van der Waals surface area contributed by atoms with E-state index in [-0.39, 0.29) is 5.91 Å². The molecule has 0 spiro atoms. The lowest BCUT2D eigenvalue weighted by Gasteiger charge is -2.05. The van der Waals surface area contributed by atoms with E-state index in [9.17, 15) is 4.79 Å². The molecule has 1 N–H and O–H groups in total. The molecule has 0 saturated heterocycles. The van der Waals surface area contributed by atoms with E-state index in [1.165, 1.54) is 11.8 Å². The Morgan fingerprint density at radius 2 is 2.38 bits per heavy atom. The molecule has 0 heterocycles. The van der Waals surface area contributed by atoms with Crippen LogP contribution in [0.2, 0.25) is 0 Å². The van der Waals surface area contributed by atoms with Gasteiger partial charge in [-0.15, -0.1) is 11.8 Å². The second-order valence-electron chi connectivity index (χ2n) is 3.27. The van der Waals surface area contributed by atoms with Crippen molar-refractivity contribution in [3.8, 4) is 6.07 Å². The molecule has 0 atom stereocenters. The van der Waals surface area contributed by atoms with Gasteiger partial charge < -0.3 is 5.32 Å². The van der Waals surface area contributed by atoms with E-state index in [0.717, 1.165) is 17.0 Å². The number of nitrogens with zero attached hydrogens (tertiary/aromatic N) is 1. The molecule has 1 aromatic rings. The highest BCUT2D eigenvalue weighted by atomic mass is 32.2. The fourth-order valence-electron chi connectivity index (χ4n) is 1.23. The average molecular weight is 234 g/mol. The van der Waals surface area contributed by atoms with Crippen molar-refractivity contribution in [1.82, 2.24) is 0 Å². The molecule has 0 radical (unpaired) electrons. The monoisotopic (exact) mass is 234 g/mol. The summed E-state index contributed by atoms with van der Waals surface area (Å²) in [7, 11) is 0. The lowest BCUT2D eigenvalue weighted by atomic mass is 10.3. The fraction of sp³-hybridized carbons (Fsp3) is 0.333. The summed E-state index contributed by atoms with van der Waals surface area (Å²) in [6, 6.07) is 9.61. The Morgan fingerprint density at radius 3 is 3.06 bits per heavy atom. The van der Waals surface area contributed by atoms with Gasteiger partial charge in [-0.2, -0.15) is 5.26 Å². The van der Waals surface area contributed by atoms with E-state index in [1.807, 2.05) is 31.2 Å². The fourth-order valence-corrected chi connectivity index (χ4v) is 1.85. The van der Waals surface area contributed by atoms with Gasteiger partial charge in [0.2, 0.25) is 5.91 Å². The third-order valence-electron chi connectivity index (χ3n) is 1.90. The highest BCUT2D eigenvalue weighted by Crippen LogP contribution is 2.21. The summed E-state index contributed by atoms with van der Waals surface area (Å²) in [5, 5.41) is 11.3. The maximum Gasteiger partial charge on any atom is 0.224 e. The first-order valence-electron chi connectivity index (χ1n) is 5.16. The minimum absolute atomic E-state index is 0.0323. The van der Waals surface area contributed by atoms with Gasteiger partial charge in [0, 0.05) is 17.0 Å². The van der Waals surface area contributed by atoms with Crippen LogP contribution in [0.15, 0.2) is 29.2 Å². The van der Waals surface area contributed by atoms with Crippen LogP contribution >= 0.6 is 11.8 Å². The van der Waals surface area contributed by atoms with Crippen molar-refractivity contribution in [3.05, 3.63) is 24.3 Å². The molecule has 0 saturated carbocycles. The van der Waals surface area contributed by atoms with Crippen LogP contribution in [0, 0.1) is 11.3 Å². The summed E-state index contributed by atoms with van der Waals surface area (Å²) < 4.78 is 0. The number of thioether (sulfide) groups is 1. The predicted octanol–water partition coefficient (Wildman–Crippen LogP) is 3.04. The summed E-state index contributed by atoms with van der Waals surface area (Å²) in [4.78, 5) is 12.4. The number of rotatable bonds is 5. The minimum Gasteiger partial charge on any atom is -0.326 e. The molecule has 0 aliphatic rings. The molecule has 0 aliphatic carbocycles. The van der Waals surface area contributed by atoms with Crippen LogP contribution in [0.1, 0.15) is 19.8 Å². The molecule has 16 heavy (non-hydrogen) atoms. The van der Waals surface area contributed by atoms with Crippen LogP contribution < -0.4 is 5.32 Å². The first-order chi connectivity index (χ1) is 7.76. The molecular formula is C12H14N2OS. The van der Waals surface area contributed by atoms with Gasteiger partial charge in [-0.1, -0.05) is 13.0 Å². The molecule has 0 unspecified atom stereocenters. The van der Waals surface area contributed by atoms with Gasteiger partial charge >= 0.3 is 0 Å². The Balaban J connectivity index is 2.60. The van der Waals surface area contributed by atoms with Crippen LogP contribution in [-0.4, -0.2) is 11.7 Å². The van der Waals surface area contributed by atoms with Gasteiger partial charge in [-0.3, -0.25) is 4.79 Å². The quantitative estimate of drug-likeness (QED) is 0.797. The Labute approximate surface area is 99.8 Å². The normalized spacial score (nSPS) is 9.50. The van der Waals surface area contributed by atoms with Gasteiger partial charge in [0.15, 0.2) is 0 Å². The maximum atomic E-state index is 11.4. The number of amides is 1. The van der Waals surface area contributed by atoms with Crippen LogP contribution in [-0.2, 0) is 4.79 Å². The third-order valence-corrected chi connectivity index (χ3v) is 2.76. The Bertz CT molecular complexity index is 398. The van der Waals surface area contributed by atoms with Gasteiger partial charge in [-0.05, 0) is 24.6 Å². The Hall–Kier alpha value is -1.47. The maximum absolute atomic E-state index is 11.4. The third kappa shape index (κ3) is 4.37. The Morgan fingerprint density at radius 1 is 1.56 bits per heavy atom. The van der Waals surface area contributed by atoms with Gasteiger partial charge in [0.05, 0.1) is 11.8 Å². The van der Waals surface area contributed by atoms with Gasteiger partial charge in [0.25, 0.3) is 0 Å². The second-order valence-corrected chi connectivity index (χ2v) is 4.32. The first-order valence-corrected chi connectivity index (χ1v) is 6.14. The molecule has 1 aromatic carbocycles. The standard InChI is InChI=1S/C12H14N2OS/c1-2-4-12(15)14-10-5-3-6-11(9-10)16-8-7-13/h3,5-6,9H,2,4,8H2,1H3,(H,14,15). The van der Waals surface area contributed by atoms with Crippen LogP contribution in [0.3, 0.4) is 0 Å².